The smallest absolute Gasteiger partial charge is 0.279 e. The lowest BCUT2D eigenvalue weighted by Gasteiger charge is -2.33. The third kappa shape index (κ3) is 4.54. The summed E-state index contributed by atoms with van der Waals surface area (Å²) in [5.41, 5.74) is 4.96. The molecule has 4 rings (SSSR count). The summed E-state index contributed by atoms with van der Waals surface area (Å²) in [6.45, 7) is 10.6. The molecular weight excluding hydrogens is 348 g/mol. The van der Waals surface area contributed by atoms with Gasteiger partial charge in [-0.05, 0) is 36.8 Å². The first kappa shape index (κ1) is 19.0. The molecule has 1 fully saturated rings. The Morgan fingerprint density at radius 2 is 1.68 bits per heavy atom. The maximum absolute atomic E-state index is 12.5. The second kappa shape index (κ2) is 8.76. The highest BCUT2D eigenvalue weighted by atomic mass is 16.2. The highest BCUT2D eigenvalue weighted by molar-refractivity contribution is 5.91. The van der Waals surface area contributed by atoms with E-state index in [-0.39, 0.29) is 5.91 Å². The molecule has 2 aromatic rings. The molecule has 1 saturated heterocycles. The lowest BCUT2D eigenvalue weighted by Crippen LogP contribution is -3.14. The van der Waals surface area contributed by atoms with Crippen molar-refractivity contribution in [2.24, 2.45) is 0 Å². The lowest BCUT2D eigenvalue weighted by molar-refractivity contribution is -0.907. The van der Waals surface area contributed by atoms with E-state index in [4.69, 9.17) is 0 Å². The molecule has 0 saturated carbocycles. The fraction of sp³-hybridized carbons (Fsp3) is 0.435. The zero-order valence-corrected chi connectivity index (χ0v) is 16.8. The van der Waals surface area contributed by atoms with Crippen LogP contribution in [0.2, 0.25) is 0 Å². The van der Waals surface area contributed by atoms with E-state index >= 15 is 0 Å². The number of rotatable bonds is 5. The predicted octanol–water partition coefficient (Wildman–Crippen LogP) is -0.00890. The van der Waals surface area contributed by atoms with Gasteiger partial charge < -0.3 is 20.0 Å². The average molecular weight is 381 g/mol. The zero-order valence-electron chi connectivity index (χ0n) is 16.8. The maximum Gasteiger partial charge on any atom is 0.279 e. The number of hydrogen-bond donors (Lipinski definition) is 3. The normalized spacial score (nSPS) is 19.9. The van der Waals surface area contributed by atoms with Gasteiger partial charge >= 0.3 is 0 Å². The van der Waals surface area contributed by atoms with E-state index in [9.17, 15) is 4.79 Å². The molecule has 5 nitrogen and oxygen atoms in total. The first-order valence-electron chi connectivity index (χ1n) is 10.6. The molecule has 28 heavy (non-hydrogen) atoms. The number of amides is 1. The summed E-state index contributed by atoms with van der Waals surface area (Å²) in [5.74, 6) is 0.0993. The number of carbonyl (C=O) groups is 1. The Morgan fingerprint density at radius 3 is 2.39 bits per heavy atom. The first-order valence-corrected chi connectivity index (χ1v) is 10.6. The van der Waals surface area contributed by atoms with Crippen LogP contribution in [0.25, 0.3) is 0 Å². The molecule has 2 aliphatic heterocycles. The highest BCUT2D eigenvalue weighted by Crippen LogP contribution is 2.18. The van der Waals surface area contributed by atoms with Crippen molar-refractivity contribution in [2.45, 2.75) is 19.9 Å². The Labute approximate surface area is 167 Å². The number of fused-ring (bicyclic) bond motifs is 1. The number of likely N-dealkylation sites (N-methyl/N-ethyl adjacent to an activating group) is 1. The van der Waals surface area contributed by atoms with Crippen molar-refractivity contribution in [3.8, 4) is 0 Å². The summed E-state index contributed by atoms with van der Waals surface area (Å²) < 4.78 is 0. The number of carbonyl (C=O) groups excluding carboxylic acids is 1. The number of hydrogen-bond acceptors (Lipinski definition) is 2. The van der Waals surface area contributed by atoms with E-state index in [2.05, 4.69) is 53.5 Å². The van der Waals surface area contributed by atoms with Crippen molar-refractivity contribution in [3.63, 3.8) is 0 Å². The first-order chi connectivity index (χ1) is 13.7. The molecule has 1 unspecified atom stereocenters. The second-order valence-corrected chi connectivity index (χ2v) is 8.06. The third-order valence-corrected chi connectivity index (χ3v) is 6.20. The van der Waals surface area contributed by atoms with Crippen LogP contribution in [0, 0.1) is 0 Å². The monoisotopic (exact) mass is 380 g/mol. The standard InChI is InChI=1S/C23H30N4O/c1-2-25-13-15-27(16-14-25)22-9-7-21(8-10-22)24-23(28)18-26-12-11-19-5-3-4-6-20(19)17-26/h3-10H,2,11-18H2,1H3,(H,24,28)/p+2. The number of benzene rings is 2. The van der Waals surface area contributed by atoms with Gasteiger partial charge in [0, 0.05) is 23.4 Å². The van der Waals surface area contributed by atoms with Gasteiger partial charge in [-0.25, -0.2) is 0 Å². The largest absolute Gasteiger partial charge is 0.360 e. The van der Waals surface area contributed by atoms with Gasteiger partial charge in [0.2, 0.25) is 0 Å². The van der Waals surface area contributed by atoms with Gasteiger partial charge in [0.05, 0.1) is 39.3 Å². The van der Waals surface area contributed by atoms with Gasteiger partial charge in [0.25, 0.3) is 5.91 Å². The number of quaternary nitrogens is 2. The highest BCUT2D eigenvalue weighted by Gasteiger charge is 2.22. The minimum atomic E-state index is 0.0993. The molecule has 148 valence electrons. The molecule has 0 spiro atoms. The number of nitrogens with one attached hydrogen (secondary N) is 3. The van der Waals surface area contributed by atoms with E-state index in [0.29, 0.717) is 6.54 Å². The van der Waals surface area contributed by atoms with Gasteiger partial charge in [-0.1, -0.05) is 24.3 Å². The summed E-state index contributed by atoms with van der Waals surface area (Å²) in [6, 6.07) is 16.9. The van der Waals surface area contributed by atoms with Crippen LogP contribution in [-0.2, 0) is 17.8 Å². The SMILES string of the molecule is CC[NH+]1CCN(c2ccc(NC(=O)C[NH+]3CCc4ccccc4C3)cc2)CC1. The summed E-state index contributed by atoms with van der Waals surface area (Å²) >= 11 is 0. The van der Waals surface area contributed by atoms with Gasteiger partial charge in [0.15, 0.2) is 6.54 Å². The average Bonchev–Trinajstić information content (AvgIpc) is 2.74. The Bertz CT molecular complexity index is 797. The third-order valence-electron chi connectivity index (χ3n) is 6.20. The second-order valence-electron chi connectivity index (χ2n) is 8.06. The molecule has 2 heterocycles. The van der Waals surface area contributed by atoms with E-state index < -0.39 is 0 Å². The summed E-state index contributed by atoms with van der Waals surface area (Å²) in [5, 5.41) is 3.08. The minimum Gasteiger partial charge on any atom is -0.360 e. The number of anilines is 2. The maximum atomic E-state index is 12.5. The van der Waals surface area contributed by atoms with E-state index in [1.54, 1.807) is 4.90 Å². The minimum absolute atomic E-state index is 0.0993. The molecule has 5 heteroatoms. The Hall–Kier alpha value is -2.37. The fourth-order valence-corrected chi connectivity index (χ4v) is 4.42. The van der Waals surface area contributed by atoms with E-state index in [0.717, 1.165) is 38.3 Å². The molecule has 3 N–H and O–H groups in total. The molecule has 2 aromatic carbocycles. The van der Waals surface area contributed by atoms with Crippen LogP contribution in [0.1, 0.15) is 18.1 Å². The summed E-state index contributed by atoms with van der Waals surface area (Å²) in [4.78, 5) is 18.0. The number of nitrogens with zero attached hydrogens (tertiary/aromatic N) is 1. The van der Waals surface area contributed by atoms with Crippen molar-refractivity contribution >= 4 is 17.3 Å². The zero-order chi connectivity index (χ0) is 19.3. The van der Waals surface area contributed by atoms with Crippen molar-refractivity contribution in [1.29, 1.82) is 0 Å². The van der Waals surface area contributed by atoms with Crippen molar-refractivity contribution in [3.05, 3.63) is 59.7 Å². The van der Waals surface area contributed by atoms with Crippen molar-refractivity contribution in [1.82, 2.24) is 0 Å². The van der Waals surface area contributed by atoms with Crippen LogP contribution in [0.4, 0.5) is 11.4 Å². The molecule has 0 aromatic heterocycles. The van der Waals surface area contributed by atoms with Crippen LogP contribution in [0.3, 0.4) is 0 Å². The van der Waals surface area contributed by atoms with E-state index in [1.807, 2.05) is 12.1 Å². The molecule has 1 atom stereocenters. The Balaban J connectivity index is 1.28. The summed E-state index contributed by atoms with van der Waals surface area (Å²) in [6.07, 6.45) is 1.06. The molecule has 0 bridgehead atoms. The molecule has 0 aliphatic carbocycles. The van der Waals surface area contributed by atoms with Crippen molar-refractivity contribution in [2.75, 3.05) is 56.0 Å². The van der Waals surface area contributed by atoms with Crippen LogP contribution in [0.5, 0.6) is 0 Å². The molecule has 1 amide bonds. The Kier molecular flexibility index (Phi) is 5.93. The van der Waals surface area contributed by atoms with Gasteiger partial charge in [-0.15, -0.1) is 0 Å². The van der Waals surface area contributed by atoms with Crippen molar-refractivity contribution < 1.29 is 14.6 Å². The van der Waals surface area contributed by atoms with Gasteiger partial charge in [0.1, 0.15) is 6.54 Å². The van der Waals surface area contributed by atoms with Crippen LogP contribution >= 0.6 is 0 Å². The number of piperazine rings is 1. The van der Waals surface area contributed by atoms with Crippen LogP contribution < -0.4 is 20.0 Å². The van der Waals surface area contributed by atoms with Crippen LogP contribution in [-0.4, -0.2) is 51.7 Å². The molecule has 2 aliphatic rings. The lowest BCUT2D eigenvalue weighted by atomic mass is 10.00. The predicted molar refractivity (Wildman–Crippen MR) is 113 cm³/mol. The quantitative estimate of drug-likeness (QED) is 0.683. The van der Waals surface area contributed by atoms with Crippen LogP contribution in [0.15, 0.2) is 48.5 Å². The molecular formula is C23H32N4O+2. The fourth-order valence-electron chi connectivity index (χ4n) is 4.42. The van der Waals surface area contributed by atoms with E-state index in [1.165, 1.54) is 41.3 Å². The topological polar surface area (TPSA) is 41.2 Å². The summed E-state index contributed by atoms with van der Waals surface area (Å²) in [7, 11) is 0. The van der Waals surface area contributed by atoms with Gasteiger partial charge in [-0.3, -0.25) is 4.79 Å². The Morgan fingerprint density at radius 1 is 0.964 bits per heavy atom. The van der Waals surface area contributed by atoms with Gasteiger partial charge in [-0.2, -0.15) is 0 Å². The molecule has 0 radical (unpaired) electrons.